The minimum absolute atomic E-state index is 0.423. The van der Waals surface area contributed by atoms with Gasteiger partial charge in [-0.3, -0.25) is 0 Å². The van der Waals surface area contributed by atoms with E-state index in [4.69, 9.17) is 5.11 Å². The highest BCUT2D eigenvalue weighted by Crippen LogP contribution is 2.51. The molecule has 0 fully saturated rings. The molecule has 1 unspecified atom stereocenters. The first kappa shape index (κ1) is 16.5. The van der Waals surface area contributed by atoms with Crippen LogP contribution in [0.5, 0.6) is 0 Å². The lowest BCUT2D eigenvalue weighted by Gasteiger charge is -2.31. The number of hydrogen-bond acceptors (Lipinski definition) is 1. The molecular formula is C12H9F7O. The van der Waals surface area contributed by atoms with Gasteiger partial charge < -0.3 is 5.11 Å². The third kappa shape index (κ3) is 2.65. The molecule has 0 saturated heterocycles. The SMILES string of the molecule is C=Cc1ccc(C(O)C(F)(F)C(F)(F)C(F)(F)F)cc1. The number of benzene rings is 1. The van der Waals surface area contributed by atoms with Crippen molar-refractivity contribution in [2.24, 2.45) is 0 Å². The van der Waals surface area contributed by atoms with Crippen LogP contribution < -0.4 is 0 Å². The van der Waals surface area contributed by atoms with Gasteiger partial charge in [-0.05, 0) is 11.1 Å². The molecule has 1 aromatic carbocycles. The van der Waals surface area contributed by atoms with Gasteiger partial charge in [0.1, 0.15) is 6.10 Å². The van der Waals surface area contributed by atoms with Crippen LogP contribution in [0.1, 0.15) is 17.2 Å². The highest BCUT2D eigenvalue weighted by Gasteiger charge is 2.75. The van der Waals surface area contributed by atoms with Crippen molar-refractivity contribution in [3.8, 4) is 0 Å². The predicted octanol–water partition coefficient (Wildman–Crippen LogP) is 4.20. The quantitative estimate of drug-likeness (QED) is 0.827. The van der Waals surface area contributed by atoms with Crippen molar-refractivity contribution in [3.63, 3.8) is 0 Å². The summed E-state index contributed by atoms with van der Waals surface area (Å²) < 4.78 is 87.8. The molecular weight excluding hydrogens is 293 g/mol. The van der Waals surface area contributed by atoms with Crippen LogP contribution in [0.2, 0.25) is 0 Å². The Kier molecular flexibility index (Phi) is 4.19. The molecule has 112 valence electrons. The second kappa shape index (κ2) is 5.08. The van der Waals surface area contributed by atoms with E-state index < -0.39 is 29.7 Å². The third-order valence-corrected chi connectivity index (χ3v) is 2.61. The molecule has 1 nitrogen and oxygen atoms in total. The Morgan fingerprint density at radius 2 is 1.40 bits per heavy atom. The van der Waals surface area contributed by atoms with Crippen molar-refractivity contribution < 1.29 is 35.8 Å². The zero-order valence-electron chi connectivity index (χ0n) is 9.76. The summed E-state index contributed by atoms with van der Waals surface area (Å²) >= 11 is 0. The molecule has 0 bridgehead atoms. The van der Waals surface area contributed by atoms with Gasteiger partial charge in [-0.25, -0.2) is 0 Å². The van der Waals surface area contributed by atoms with Crippen LogP contribution in [0.4, 0.5) is 30.7 Å². The largest absolute Gasteiger partial charge is 0.459 e. The highest BCUT2D eigenvalue weighted by molar-refractivity contribution is 5.47. The lowest BCUT2D eigenvalue weighted by Crippen LogP contribution is -2.54. The molecule has 20 heavy (non-hydrogen) atoms. The van der Waals surface area contributed by atoms with Gasteiger partial charge in [0.25, 0.3) is 0 Å². The van der Waals surface area contributed by atoms with Crippen LogP contribution in [0.25, 0.3) is 6.08 Å². The molecule has 1 N–H and O–H groups in total. The van der Waals surface area contributed by atoms with Gasteiger partial charge in [-0.1, -0.05) is 36.9 Å². The van der Waals surface area contributed by atoms with Crippen molar-refractivity contribution in [2.75, 3.05) is 0 Å². The van der Waals surface area contributed by atoms with Crippen LogP contribution in [-0.2, 0) is 0 Å². The Morgan fingerprint density at radius 3 is 1.75 bits per heavy atom. The summed E-state index contributed by atoms with van der Waals surface area (Å²) in [5.41, 5.74) is -0.337. The average Bonchev–Trinajstić information content (AvgIpc) is 2.36. The Labute approximate surface area is 109 Å². The third-order valence-electron chi connectivity index (χ3n) is 2.61. The topological polar surface area (TPSA) is 20.2 Å². The van der Waals surface area contributed by atoms with Gasteiger partial charge in [0.2, 0.25) is 0 Å². The molecule has 0 heterocycles. The summed E-state index contributed by atoms with van der Waals surface area (Å²) in [5.74, 6) is -12.0. The van der Waals surface area contributed by atoms with E-state index in [1.54, 1.807) is 0 Å². The first-order valence-electron chi connectivity index (χ1n) is 5.18. The zero-order valence-corrected chi connectivity index (χ0v) is 9.76. The van der Waals surface area contributed by atoms with Crippen LogP contribution in [0.15, 0.2) is 30.8 Å². The number of halogens is 7. The van der Waals surface area contributed by atoms with E-state index in [1.165, 1.54) is 6.08 Å². The normalized spacial score (nSPS) is 15.0. The molecule has 0 radical (unpaired) electrons. The van der Waals surface area contributed by atoms with Crippen LogP contribution in [0.3, 0.4) is 0 Å². The Balaban J connectivity index is 3.16. The van der Waals surface area contributed by atoms with Gasteiger partial charge in [0.05, 0.1) is 0 Å². The average molecular weight is 302 g/mol. The molecule has 8 heteroatoms. The number of aliphatic hydroxyl groups excluding tert-OH is 1. The molecule has 1 aromatic rings. The highest BCUT2D eigenvalue weighted by atomic mass is 19.4. The van der Waals surface area contributed by atoms with Gasteiger partial charge in [-0.15, -0.1) is 0 Å². The first-order valence-corrected chi connectivity index (χ1v) is 5.18. The molecule has 0 aliphatic carbocycles. The summed E-state index contributed by atoms with van der Waals surface area (Å²) in [6.07, 6.45) is -8.46. The molecule has 0 amide bonds. The second-order valence-electron chi connectivity index (χ2n) is 3.97. The van der Waals surface area contributed by atoms with Crippen LogP contribution in [0, 0.1) is 0 Å². The van der Waals surface area contributed by atoms with Crippen molar-refractivity contribution in [1.29, 1.82) is 0 Å². The van der Waals surface area contributed by atoms with E-state index >= 15 is 0 Å². The molecule has 1 atom stereocenters. The summed E-state index contributed by atoms with van der Waals surface area (Å²) in [4.78, 5) is 0. The molecule has 0 spiro atoms. The number of aliphatic hydroxyl groups is 1. The van der Waals surface area contributed by atoms with E-state index in [0.29, 0.717) is 5.56 Å². The van der Waals surface area contributed by atoms with E-state index in [9.17, 15) is 30.7 Å². The number of alkyl halides is 7. The maximum atomic E-state index is 13.2. The van der Waals surface area contributed by atoms with E-state index in [-0.39, 0.29) is 0 Å². The van der Waals surface area contributed by atoms with E-state index in [0.717, 1.165) is 24.3 Å². The van der Waals surface area contributed by atoms with E-state index in [1.807, 2.05) is 0 Å². The monoisotopic (exact) mass is 302 g/mol. The Hall–Kier alpha value is -1.57. The summed E-state index contributed by atoms with van der Waals surface area (Å²) in [7, 11) is 0. The maximum Gasteiger partial charge on any atom is 0.459 e. The second-order valence-corrected chi connectivity index (χ2v) is 3.97. The molecule has 0 aliphatic heterocycles. The number of hydrogen-bond donors (Lipinski definition) is 1. The van der Waals surface area contributed by atoms with Gasteiger partial charge >= 0.3 is 18.0 Å². The Bertz CT molecular complexity index is 476. The number of rotatable bonds is 4. The molecule has 0 aromatic heterocycles. The lowest BCUT2D eigenvalue weighted by molar-refractivity contribution is -0.372. The minimum atomic E-state index is -6.47. The summed E-state index contributed by atoms with van der Waals surface area (Å²) in [6, 6.07) is 3.94. The van der Waals surface area contributed by atoms with Crippen molar-refractivity contribution >= 4 is 6.08 Å². The van der Waals surface area contributed by atoms with E-state index in [2.05, 4.69) is 6.58 Å². The van der Waals surface area contributed by atoms with Crippen molar-refractivity contribution in [3.05, 3.63) is 42.0 Å². The summed E-state index contributed by atoms with van der Waals surface area (Å²) in [6.45, 7) is 3.35. The van der Waals surface area contributed by atoms with Crippen molar-refractivity contribution in [1.82, 2.24) is 0 Å². The van der Waals surface area contributed by atoms with Crippen LogP contribution >= 0.6 is 0 Å². The molecule has 0 aliphatic rings. The first-order chi connectivity index (χ1) is 8.95. The molecule has 0 saturated carbocycles. The summed E-state index contributed by atoms with van der Waals surface area (Å²) in [5, 5.41) is 9.16. The van der Waals surface area contributed by atoms with Crippen LogP contribution in [-0.4, -0.2) is 23.1 Å². The predicted molar refractivity (Wildman–Crippen MR) is 57.4 cm³/mol. The van der Waals surface area contributed by atoms with Gasteiger partial charge in [0.15, 0.2) is 0 Å². The molecule has 1 rings (SSSR count). The standard InChI is InChI=1S/C12H9F7O/c1-2-7-3-5-8(6-4-7)9(20)10(13,14)11(15,16)12(17,18)19/h2-6,9,20H,1H2. The Morgan fingerprint density at radius 1 is 0.950 bits per heavy atom. The van der Waals surface area contributed by atoms with Gasteiger partial charge in [-0.2, -0.15) is 30.7 Å². The smallest absolute Gasteiger partial charge is 0.382 e. The maximum absolute atomic E-state index is 13.2. The minimum Gasteiger partial charge on any atom is -0.382 e. The fraction of sp³-hybridized carbons (Fsp3) is 0.333. The van der Waals surface area contributed by atoms with Gasteiger partial charge in [0, 0.05) is 0 Å². The lowest BCUT2D eigenvalue weighted by atomic mass is 9.97. The van der Waals surface area contributed by atoms with Crippen molar-refractivity contribution in [2.45, 2.75) is 24.1 Å². The fourth-order valence-electron chi connectivity index (χ4n) is 1.38. The zero-order chi connectivity index (χ0) is 15.8. The fourth-order valence-corrected chi connectivity index (χ4v) is 1.38.